The zero-order valence-corrected chi connectivity index (χ0v) is 13.5. The lowest BCUT2D eigenvalue weighted by molar-refractivity contribution is 1.10. The number of aryl methyl sites for hydroxylation is 1. The summed E-state index contributed by atoms with van der Waals surface area (Å²) in [6.07, 6.45) is 3.53. The van der Waals surface area contributed by atoms with Crippen molar-refractivity contribution >= 4 is 17.3 Å². The van der Waals surface area contributed by atoms with Crippen LogP contribution < -0.4 is 10.2 Å². The molecule has 0 aliphatic rings. The number of nitrogens with zero attached hydrogens (tertiary/aromatic N) is 4. The Morgan fingerprint density at radius 3 is 2.48 bits per heavy atom. The number of aromatic nitrogens is 3. The Kier molecular flexibility index (Phi) is 4.19. The van der Waals surface area contributed by atoms with E-state index in [2.05, 4.69) is 37.3 Å². The van der Waals surface area contributed by atoms with E-state index >= 15 is 0 Å². The van der Waals surface area contributed by atoms with Gasteiger partial charge in [0, 0.05) is 49.1 Å². The molecule has 116 valence electrons. The second kappa shape index (κ2) is 6.44. The molecule has 1 aromatic carbocycles. The Labute approximate surface area is 136 Å². The minimum Gasteiger partial charge on any atom is -0.378 e. The fourth-order valence-corrected chi connectivity index (χ4v) is 2.29. The van der Waals surface area contributed by atoms with Crippen LogP contribution in [0.5, 0.6) is 0 Å². The number of hydrogen-bond acceptors (Lipinski definition) is 5. The molecule has 23 heavy (non-hydrogen) atoms. The standard InChI is InChI=1S/C18H19N5/c1-13-11-17(14-7-9-19-10-8-14)22-18(20-13)21-15-5-4-6-16(12-15)23(2)3/h4-12H,1-3H3,(H,20,21,22). The summed E-state index contributed by atoms with van der Waals surface area (Å²) < 4.78 is 0. The molecule has 0 amide bonds. The second-order valence-electron chi connectivity index (χ2n) is 5.52. The van der Waals surface area contributed by atoms with Crippen molar-refractivity contribution in [1.29, 1.82) is 0 Å². The van der Waals surface area contributed by atoms with E-state index in [1.54, 1.807) is 12.4 Å². The second-order valence-corrected chi connectivity index (χ2v) is 5.52. The zero-order valence-electron chi connectivity index (χ0n) is 13.5. The topological polar surface area (TPSA) is 53.9 Å². The average Bonchev–Trinajstić information content (AvgIpc) is 2.55. The molecule has 0 atom stereocenters. The van der Waals surface area contributed by atoms with E-state index in [0.29, 0.717) is 5.95 Å². The van der Waals surface area contributed by atoms with Gasteiger partial charge in [0.1, 0.15) is 0 Å². The lowest BCUT2D eigenvalue weighted by atomic mass is 10.2. The van der Waals surface area contributed by atoms with Crippen LogP contribution in [0.3, 0.4) is 0 Å². The van der Waals surface area contributed by atoms with E-state index in [9.17, 15) is 0 Å². The van der Waals surface area contributed by atoms with Gasteiger partial charge in [0.05, 0.1) is 5.69 Å². The molecule has 0 aliphatic carbocycles. The molecule has 0 spiro atoms. The number of rotatable bonds is 4. The first-order valence-electron chi connectivity index (χ1n) is 7.42. The molecule has 1 N–H and O–H groups in total. The molecule has 2 aromatic heterocycles. The lowest BCUT2D eigenvalue weighted by Gasteiger charge is -2.14. The molecule has 0 radical (unpaired) electrons. The number of benzene rings is 1. The van der Waals surface area contributed by atoms with Crippen molar-refractivity contribution in [2.24, 2.45) is 0 Å². The molecule has 3 rings (SSSR count). The highest BCUT2D eigenvalue weighted by Crippen LogP contribution is 2.22. The summed E-state index contributed by atoms with van der Waals surface area (Å²) in [5, 5.41) is 3.29. The van der Waals surface area contributed by atoms with Crippen molar-refractivity contribution in [2.75, 3.05) is 24.3 Å². The number of pyridine rings is 1. The van der Waals surface area contributed by atoms with Crippen LogP contribution in [0.4, 0.5) is 17.3 Å². The third-order valence-electron chi connectivity index (χ3n) is 3.45. The Hall–Kier alpha value is -2.95. The van der Waals surface area contributed by atoms with Crippen molar-refractivity contribution in [3.63, 3.8) is 0 Å². The summed E-state index contributed by atoms with van der Waals surface area (Å²) in [4.78, 5) is 15.2. The minimum atomic E-state index is 0.590. The highest BCUT2D eigenvalue weighted by atomic mass is 15.1. The lowest BCUT2D eigenvalue weighted by Crippen LogP contribution is -2.08. The van der Waals surface area contributed by atoms with Gasteiger partial charge < -0.3 is 10.2 Å². The van der Waals surface area contributed by atoms with Gasteiger partial charge in [-0.2, -0.15) is 0 Å². The smallest absolute Gasteiger partial charge is 0.227 e. The summed E-state index contributed by atoms with van der Waals surface area (Å²) in [6.45, 7) is 1.97. The summed E-state index contributed by atoms with van der Waals surface area (Å²) in [5.74, 6) is 0.590. The van der Waals surface area contributed by atoms with Crippen molar-refractivity contribution in [3.05, 3.63) is 60.6 Å². The molecule has 0 fully saturated rings. The van der Waals surface area contributed by atoms with Gasteiger partial charge >= 0.3 is 0 Å². The van der Waals surface area contributed by atoms with Crippen LogP contribution in [0.15, 0.2) is 54.9 Å². The fraction of sp³-hybridized carbons (Fsp3) is 0.167. The van der Waals surface area contributed by atoms with Crippen LogP contribution in [0.1, 0.15) is 5.69 Å². The third-order valence-corrected chi connectivity index (χ3v) is 3.45. The molecule has 0 unspecified atom stereocenters. The fourth-order valence-electron chi connectivity index (χ4n) is 2.29. The predicted octanol–water partition coefficient (Wildman–Crippen LogP) is 3.66. The van der Waals surface area contributed by atoms with Crippen molar-refractivity contribution < 1.29 is 0 Å². The maximum Gasteiger partial charge on any atom is 0.227 e. The first-order valence-corrected chi connectivity index (χ1v) is 7.42. The molecular weight excluding hydrogens is 286 g/mol. The predicted molar refractivity (Wildman–Crippen MR) is 94.1 cm³/mol. The molecule has 5 heteroatoms. The minimum absolute atomic E-state index is 0.590. The maximum absolute atomic E-state index is 4.61. The van der Waals surface area contributed by atoms with Gasteiger partial charge in [-0.1, -0.05) is 6.07 Å². The van der Waals surface area contributed by atoms with Gasteiger partial charge in [-0.15, -0.1) is 0 Å². The number of nitrogens with one attached hydrogen (secondary N) is 1. The normalized spacial score (nSPS) is 10.4. The Balaban J connectivity index is 1.92. The van der Waals surface area contributed by atoms with E-state index in [0.717, 1.165) is 28.3 Å². The summed E-state index contributed by atoms with van der Waals surface area (Å²) in [7, 11) is 4.04. The molecule has 0 saturated heterocycles. The first-order chi connectivity index (χ1) is 11.1. The summed E-state index contributed by atoms with van der Waals surface area (Å²) >= 11 is 0. The van der Waals surface area contributed by atoms with E-state index < -0.39 is 0 Å². The number of anilines is 3. The van der Waals surface area contributed by atoms with Crippen LogP contribution >= 0.6 is 0 Å². The van der Waals surface area contributed by atoms with Crippen LogP contribution in [0, 0.1) is 6.92 Å². The highest BCUT2D eigenvalue weighted by Gasteiger charge is 2.06. The van der Waals surface area contributed by atoms with Crippen molar-refractivity contribution in [1.82, 2.24) is 15.0 Å². The molecule has 2 heterocycles. The summed E-state index contributed by atoms with van der Waals surface area (Å²) in [5.41, 5.74) is 4.90. The largest absolute Gasteiger partial charge is 0.378 e. The Bertz CT molecular complexity index is 800. The Morgan fingerprint density at radius 2 is 1.74 bits per heavy atom. The molecular formula is C18H19N5. The molecule has 3 aromatic rings. The Morgan fingerprint density at radius 1 is 0.957 bits per heavy atom. The SMILES string of the molecule is Cc1cc(-c2ccncc2)nc(Nc2cccc(N(C)C)c2)n1. The van der Waals surface area contributed by atoms with Crippen molar-refractivity contribution in [2.45, 2.75) is 6.92 Å². The average molecular weight is 305 g/mol. The molecule has 0 aliphatic heterocycles. The van der Waals surface area contributed by atoms with E-state index in [-0.39, 0.29) is 0 Å². The zero-order chi connectivity index (χ0) is 16.2. The third kappa shape index (κ3) is 3.63. The maximum atomic E-state index is 4.61. The van der Waals surface area contributed by atoms with Crippen LogP contribution in [0.25, 0.3) is 11.3 Å². The van der Waals surface area contributed by atoms with Crippen molar-refractivity contribution in [3.8, 4) is 11.3 Å². The van der Waals surface area contributed by atoms with Gasteiger partial charge in [-0.05, 0) is 43.3 Å². The highest BCUT2D eigenvalue weighted by molar-refractivity contribution is 5.64. The van der Waals surface area contributed by atoms with Crippen LogP contribution in [-0.4, -0.2) is 29.0 Å². The first kappa shape index (κ1) is 15.0. The van der Waals surface area contributed by atoms with Gasteiger partial charge in [-0.3, -0.25) is 4.98 Å². The molecule has 5 nitrogen and oxygen atoms in total. The van der Waals surface area contributed by atoms with Gasteiger partial charge in [0.2, 0.25) is 5.95 Å². The number of hydrogen-bond donors (Lipinski definition) is 1. The van der Waals surface area contributed by atoms with Gasteiger partial charge in [0.15, 0.2) is 0 Å². The van der Waals surface area contributed by atoms with E-state index in [4.69, 9.17) is 0 Å². The van der Waals surface area contributed by atoms with Crippen LogP contribution in [0.2, 0.25) is 0 Å². The van der Waals surface area contributed by atoms with Crippen LogP contribution in [-0.2, 0) is 0 Å². The molecule has 0 saturated carbocycles. The van der Waals surface area contributed by atoms with E-state index in [1.807, 2.05) is 51.4 Å². The van der Waals surface area contributed by atoms with Gasteiger partial charge in [0.25, 0.3) is 0 Å². The van der Waals surface area contributed by atoms with Gasteiger partial charge in [-0.25, -0.2) is 9.97 Å². The molecule has 0 bridgehead atoms. The monoisotopic (exact) mass is 305 g/mol. The quantitative estimate of drug-likeness (QED) is 0.797. The summed E-state index contributed by atoms with van der Waals surface area (Å²) in [6, 6.07) is 14.0. The van der Waals surface area contributed by atoms with E-state index in [1.165, 1.54) is 0 Å².